The fraction of sp³-hybridized carbons (Fsp3) is 0.136. The van der Waals surface area contributed by atoms with Crippen LogP contribution in [0.2, 0.25) is 0 Å². The second-order valence-electron chi connectivity index (χ2n) is 7.67. The number of nitrogens with two attached hydrogens (primary N) is 1. The molecule has 32 heavy (non-hydrogen) atoms. The summed E-state index contributed by atoms with van der Waals surface area (Å²) in [5, 5.41) is 14.2. The molecule has 0 saturated heterocycles. The van der Waals surface area contributed by atoms with Crippen molar-refractivity contribution in [2.45, 2.75) is 13.0 Å². The number of nitrogens with zero attached hydrogens (tertiary/aromatic N) is 6. The average Bonchev–Trinajstić information content (AvgIpc) is 3.47. The Kier molecular flexibility index (Phi) is 4.08. The summed E-state index contributed by atoms with van der Waals surface area (Å²) in [6.07, 6.45) is 4.09. The first-order valence-corrected chi connectivity index (χ1v) is 10.9. The number of H-pyrrole nitrogens is 1. The van der Waals surface area contributed by atoms with Gasteiger partial charge in [-0.2, -0.15) is 10.2 Å². The molecule has 0 aliphatic carbocycles. The van der Waals surface area contributed by atoms with Crippen molar-refractivity contribution in [2.24, 2.45) is 7.05 Å². The summed E-state index contributed by atoms with van der Waals surface area (Å²) in [5.74, 6) is 0.491. The molecule has 0 aliphatic heterocycles. The van der Waals surface area contributed by atoms with Crippen molar-refractivity contribution in [3.63, 3.8) is 0 Å². The number of nitrogen functional groups attached to an aromatic ring is 1. The Morgan fingerprint density at radius 2 is 1.97 bits per heavy atom. The van der Waals surface area contributed by atoms with E-state index in [1.807, 2.05) is 41.9 Å². The molecular formula is C22H18N8OS. The number of aromatic nitrogens is 7. The van der Waals surface area contributed by atoms with Crippen LogP contribution in [-0.4, -0.2) is 34.5 Å². The van der Waals surface area contributed by atoms with E-state index >= 15 is 0 Å². The number of fused-ring (bicyclic) bond motifs is 4. The van der Waals surface area contributed by atoms with Crippen LogP contribution in [0.25, 0.3) is 32.2 Å². The van der Waals surface area contributed by atoms with Gasteiger partial charge in [-0.1, -0.05) is 18.2 Å². The van der Waals surface area contributed by atoms with E-state index in [0.717, 1.165) is 42.9 Å². The molecule has 10 heteroatoms. The van der Waals surface area contributed by atoms with Crippen molar-refractivity contribution in [1.82, 2.24) is 34.5 Å². The highest BCUT2D eigenvalue weighted by Gasteiger charge is 2.19. The third-order valence-corrected chi connectivity index (χ3v) is 6.75. The Morgan fingerprint density at radius 1 is 1.09 bits per heavy atom. The predicted molar refractivity (Wildman–Crippen MR) is 125 cm³/mol. The van der Waals surface area contributed by atoms with Crippen molar-refractivity contribution < 1.29 is 0 Å². The van der Waals surface area contributed by atoms with Crippen LogP contribution < -0.4 is 11.3 Å². The normalized spacial score (nSPS) is 11.8. The second-order valence-corrected chi connectivity index (χ2v) is 8.73. The van der Waals surface area contributed by atoms with E-state index in [1.54, 1.807) is 29.8 Å². The Labute approximate surface area is 185 Å². The maximum absolute atomic E-state index is 13.3. The van der Waals surface area contributed by atoms with Crippen LogP contribution in [0.15, 0.2) is 53.6 Å². The molecule has 0 saturated carbocycles. The zero-order chi connectivity index (χ0) is 21.8. The molecule has 6 aromatic rings. The molecule has 5 aromatic heterocycles. The monoisotopic (exact) mass is 442 g/mol. The lowest BCUT2D eigenvalue weighted by Gasteiger charge is -2.07. The van der Waals surface area contributed by atoms with Gasteiger partial charge in [-0.05, 0) is 23.8 Å². The SMILES string of the molecule is Cn1c2sc(Cc3cccc(N)n3)nc2c2cnn(Cc3cccc4[nH]ncc34)c(=O)c21. The van der Waals surface area contributed by atoms with Crippen molar-refractivity contribution in [1.29, 1.82) is 0 Å². The number of thiazole rings is 1. The summed E-state index contributed by atoms with van der Waals surface area (Å²) in [7, 11) is 1.90. The van der Waals surface area contributed by atoms with E-state index in [4.69, 9.17) is 10.7 Å². The van der Waals surface area contributed by atoms with E-state index in [9.17, 15) is 4.79 Å². The van der Waals surface area contributed by atoms with Crippen LogP contribution in [0.1, 0.15) is 16.3 Å². The summed E-state index contributed by atoms with van der Waals surface area (Å²) in [5.41, 5.74) is 9.82. The van der Waals surface area contributed by atoms with Gasteiger partial charge in [0.1, 0.15) is 26.7 Å². The zero-order valence-electron chi connectivity index (χ0n) is 17.1. The molecule has 3 N–H and O–H groups in total. The molecule has 0 atom stereocenters. The van der Waals surface area contributed by atoms with Gasteiger partial charge in [-0.3, -0.25) is 9.89 Å². The Morgan fingerprint density at radius 3 is 2.84 bits per heavy atom. The van der Waals surface area contributed by atoms with Gasteiger partial charge in [-0.25, -0.2) is 14.6 Å². The number of anilines is 1. The largest absolute Gasteiger partial charge is 0.384 e. The van der Waals surface area contributed by atoms with Gasteiger partial charge in [-0.15, -0.1) is 11.3 Å². The maximum Gasteiger partial charge on any atom is 0.291 e. The molecule has 5 heterocycles. The topological polar surface area (TPSA) is 120 Å². The maximum atomic E-state index is 13.3. The smallest absolute Gasteiger partial charge is 0.291 e. The van der Waals surface area contributed by atoms with Gasteiger partial charge < -0.3 is 10.3 Å². The summed E-state index contributed by atoms with van der Waals surface area (Å²) in [6.45, 7) is 0.365. The highest BCUT2D eigenvalue weighted by atomic mass is 32.1. The summed E-state index contributed by atoms with van der Waals surface area (Å²) in [4.78, 5) is 23.4. The average molecular weight is 443 g/mol. The van der Waals surface area contributed by atoms with Gasteiger partial charge in [0.05, 0.1) is 29.8 Å². The molecule has 0 aliphatic rings. The number of benzene rings is 1. The Bertz CT molecular complexity index is 1690. The molecule has 0 spiro atoms. The fourth-order valence-electron chi connectivity index (χ4n) is 4.10. The number of hydrogen-bond acceptors (Lipinski definition) is 7. The number of pyridine rings is 1. The number of rotatable bonds is 4. The highest BCUT2D eigenvalue weighted by molar-refractivity contribution is 7.18. The van der Waals surface area contributed by atoms with Gasteiger partial charge in [0.15, 0.2) is 0 Å². The van der Waals surface area contributed by atoms with E-state index < -0.39 is 0 Å². The lowest BCUT2D eigenvalue weighted by molar-refractivity contribution is 0.647. The Balaban J connectivity index is 1.42. The molecule has 1 aromatic carbocycles. The van der Waals surface area contributed by atoms with E-state index in [-0.39, 0.29) is 5.56 Å². The lowest BCUT2D eigenvalue weighted by atomic mass is 10.1. The van der Waals surface area contributed by atoms with Crippen LogP contribution in [0.3, 0.4) is 0 Å². The number of hydrogen-bond donors (Lipinski definition) is 2. The number of nitrogens with one attached hydrogen (secondary N) is 1. The van der Waals surface area contributed by atoms with Crippen LogP contribution in [-0.2, 0) is 20.0 Å². The first kappa shape index (κ1) is 18.7. The molecule has 158 valence electrons. The van der Waals surface area contributed by atoms with Crippen LogP contribution in [0.5, 0.6) is 0 Å². The standard InChI is InChI=1S/C22H18N8OS/c1-29-20-15(19-22(29)32-18(27-19)8-13-5-3-7-17(23)26-13)10-25-30(21(20)31)11-12-4-2-6-16-14(12)9-24-28-16/h2-7,9-10H,8,11H2,1H3,(H2,23,26)(H,24,28). The molecule has 0 bridgehead atoms. The molecule has 0 amide bonds. The molecule has 0 radical (unpaired) electrons. The van der Waals surface area contributed by atoms with Gasteiger partial charge in [0.25, 0.3) is 5.56 Å². The third-order valence-electron chi connectivity index (χ3n) is 5.62. The number of aromatic amines is 1. The quantitative estimate of drug-likeness (QED) is 0.433. The van der Waals surface area contributed by atoms with Crippen molar-refractivity contribution >= 4 is 49.3 Å². The van der Waals surface area contributed by atoms with Crippen LogP contribution in [0, 0.1) is 0 Å². The van der Waals surface area contributed by atoms with Crippen molar-refractivity contribution in [3.05, 3.63) is 75.4 Å². The van der Waals surface area contributed by atoms with Crippen molar-refractivity contribution in [3.8, 4) is 0 Å². The zero-order valence-corrected chi connectivity index (χ0v) is 17.9. The van der Waals surface area contributed by atoms with Gasteiger partial charge >= 0.3 is 0 Å². The van der Waals surface area contributed by atoms with E-state index in [0.29, 0.717) is 24.3 Å². The van der Waals surface area contributed by atoms with Crippen molar-refractivity contribution in [2.75, 3.05) is 5.73 Å². The van der Waals surface area contributed by atoms with E-state index in [2.05, 4.69) is 20.3 Å². The first-order valence-electron chi connectivity index (χ1n) is 10.0. The molecular weight excluding hydrogens is 424 g/mol. The van der Waals surface area contributed by atoms with Crippen LogP contribution in [0.4, 0.5) is 5.82 Å². The fourth-order valence-corrected chi connectivity index (χ4v) is 5.16. The minimum atomic E-state index is -0.144. The lowest BCUT2D eigenvalue weighted by Crippen LogP contribution is -2.24. The first-order chi connectivity index (χ1) is 15.6. The van der Waals surface area contributed by atoms with E-state index in [1.165, 1.54) is 4.68 Å². The second kappa shape index (κ2) is 6.99. The van der Waals surface area contributed by atoms with Crippen LogP contribution >= 0.6 is 11.3 Å². The highest BCUT2D eigenvalue weighted by Crippen LogP contribution is 2.31. The Hall–Kier alpha value is -4.05. The molecule has 0 unspecified atom stereocenters. The van der Waals surface area contributed by atoms with Gasteiger partial charge in [0, 0.05) is 24.5 Å². The molecule has 9 nitrogen and oxygen atoms in total. The molecule has 6 rings (SSSR count). The number of aryl methyl sites for hydroxylation is 1. The minimum Gasteiger partial charge on any atom is -0.384 e. The summed E-state index contributed by atoms with van der Waals surface area (Å²) >= 11 is 1.55. The minimum absolute atomic E-state index is 0.144. The predicted octanol–water partition coefficient (Wildman–Crippen LogP) is 2.84. The summed E-state index contributed by atoms with van der Waals surface area (Å²) in [6, 6.07) is 11.5. The van der Waals surface area contributed by atoms with Gasteiger partial charge in [0.2, 0.25) is 0 Å². The third kappa shape index (κ3) is 2.88. The summed E-state index contributed by atoms with van der Waals surface area (Å²) < 4.78 is 3.41. The molecule has 0 fully saturated rings.